The van der Waals surface area contributed by atoms with Gasteiger partial charge in [-0.2, -0.15) is 0 Å². The van der Waals surface area contributed by atoms with E-state index < -0.39 is 11.5 Å². The van der Waals surface area contributed by atoms with Crippen LogP contribution in [0.5, 0.6) is 0 Å². The lowest BCUT2D eigenvalue weighted by Gasteiger charge is -2.20. The van der Waals surface area contributed by atoms with Gasteiger partial charge in [0.25, 0.3) is 0 Å². The Hall–Kier alpha value is -1.72. The maximum atomic E-state index is 10.7. The van der Waals surface area contributed by atoms with Crippen LogP contribution in [-0.2, 0) is 4.79 Å². The molecule has 1 rings (SSSR count). The van der Waals surface area contributed by atoms with E-state index in [1.807, 2.05) is 0 Å². The van der Waals surface area contributed by atoms with E-state index in [9.17, 15) is 4.79 Å². The standard InChI is InChI=1S/C7H10N4O2/c1-7(2,6(12)13)10-5-3-8-4-9-11-5/h3-4H,1-2H3,(H,10,11)(H,12,13). The molecule has 6 nitrogen and oxygen atoms in total. The smallest absolute Gasteiger partial charge is 0.328 e. The van der Waals surface area contributed by atoms with Crippen molar-refractivity contribution in [1.82, 2.24) is 15.2 Å². The Morgan fingerprint density at radius 1 is 1.62 bits per heavy atom. The summed E-state index contributed by atoms with van der Waals surface area (Å²) in [5, 5.41) is 18.6. The van der Waals surface area contributed by atoms with Crippen LogP contribution in [0.4, 0.5) is 5.82 Å². The van der Waals surface area contributed by atoms with Crippen molar-refractivity contribution >= 4 is 11.8 Å². The highest BCUT2D eigenvalue weighted by atomic mass is 16.4. The summed E-state index contributed by atoms with van der Waals surface area (Å²) in [5.74, 6) is -0.618. The second-order valence-electron chi connectivity index (χ2n) is 3.05. The van der Waals surface area contributed by atoms with E-state index in [1.54, 1.807) is 0 Å². The van der Waals surface area contributed by atoms with Crippen molar-refractivity contribution in [3.05, 3.63) is 12.5 Å². The fraction of sp³-hybridized carbons (Fsp3) is 0.429. The molecule has 0 fully saturated rings. The molecule has 0 saturated carbocycles. The predicted octanol–water partition coefficient (Wildman–Crippen LogP) is 0.147. The van der Waals surface area contributed by atoms with Gasteiger partial charge in [-0.15, -0.1) is 10.2 Å². The summed E-state index contributed by atoms with van der Waals surface area (Å²) >= 11 is 0. The Kier molecular flexibility index (Phi) is 2.41. The van der Waals surface area contributed by atoms with Gasteiger partial charge in [-0.3, -0.25) is 0 Å². The number of nitrogens with one attached hydrogen (secondary N) is 1. The Morgan fingerprint density at radius 2 is 2.31 bits per heavy atom. The first-order valence-corrected chi connectivity index (χ1v) is 3.66. The Balaban J connectivity index is 2.75. The number of carbonyl (C=O) groups is 1. The predicted molar refractivity (Wildman–Crippen MR) is 45.2 cm³/mol. The largest absolute Gasteiger partial charge is 0.480 e. The molecule has 2 N–H and O–H groups in total. The molecule has 1 heterocycles. The zero-order valence-corrected chi connectivity index (χ0v) is 7.35. The summed E-state index contributed by atoms with van der Waals surface area (Å²) < 4.78 is 0. The highest BCUT2D eigenvalue weighted by molar-refractivity contribution is 5.81. The molecule has 0 amide bonds. The first kappa shape index (κ1) is 9.37. The molecule has 13 heavy (non-hydrogen) atoms. The number of nitrogens with zero attached hydrogens (tertiary/aromatic N) is 3. The van der Waals surface area contributed by atoms with Crippen molar-refractivity contribution in [2.24, 2.45) is 0 Å². The maximum Gasteiger partial charge on any atom is 0.328 e. The normalized spacial score (nSPS) is 10.9. The van der Waals surface area contributed by atoms with E-state index in [2.05, 4.69) is 20.5 Å². The topological polar surface area (TPSA) is 88.0 Å². The second kappa shape index (κ2) is 3.34. The third kappa shape index (κ3) is 2.36. The van der Waals surface area contributed by atoms with Crippen LogP contribution in [0.1, 0.15) is 13.8 Å². The molecule has 1 aromatic rings. The van der Waals surface area contributed by atoms with Gasteiger partial charge in [-0.25, -0.2) is 9.78 Å². The van der Waals surface area contributed by atoms with Gasteiger partial charge in [0, 0.05) is 0 Å². The highest BCUT2D eigenvalue weighted by Gasteiger charge is 2.27. The van der Waals surface area contributed by atoms with Crippen LogP contribution in [0.3, 0.4) is 0 Å². The SMILES string of the molecule is CC(C)(Nc1cncnn1)C(=O)O. The van der Waals surface area contributed by atoms with E-state index in [1.165, 1.54) is 26.4 Å². The van der Waals surface area contributed by atoms with Crippen molar-refractivity contribution in [2.45, 2.75) is 19.4 Å². The van der Waals surface area contributed by atoms with Crippen LogP contribution in [0.25, 0.3) is 0 Å². The first-order valence-electron chi connectivity index (χ1n) is 3.66. The molecule has 0 saturated heterocycles. The number of carboxylic acids is 1. The number of rotatable bonds is 3. The van der Waals surface area contributed by atoms with Crippen LogP contribution >= 0.6 is 0 Å². The van der Waals surface area contributed by atoms with E-state index in [0.29, 0.717) is 5.82 Å². The number of hydrogen-bond acceptors (Lipinski definition) is 5. The number of anilines is 1. The quantitative estimate of drug-likeness (QED) is 0.691. The Labute approximate surface area is 75.0 Å². The van der Waals surface area contributed by atoms with Crippen molar-refractivity contribution < 1.29 is 9.90 Å². The van der Waals surface area contributed by atoms with E-state index in [4.69, 9.17) is 5.11 Å². The molecule has 1 aromatic heterocycles. The summed E-state index contributed by atoms with van der Waals surface area (Å²) in [6.07, 6.45) is 2.69. The second-order valence-corrected chi connectivity index (χ2v) is 3.05. The monoisotopic (exact) mass is 182 g/mol. The third-order valence-electron chi connectivity index (χ3n) is 1.46. The maximum absolute atomic E-state index is 10.7. The van der Waals surface area contributed by atoms with Gasteiger partial charge >= 0.3 is 5.97 Å². The molecule has 0 bridgehead atoms. The van der Waals surface area contributed by atoms with Gasteiger partial charge in [0.05, 0.1) is 6.20 Å². The summed E-state index contributed by atoms with van der Waals surface area (Å²) in [4.78, 5) is 14.4. The third-order valence-corrected chi connectivity index (χ3v) is 1.46. The molecular formula is C7H10N4O2. The lowest BCUT2D eigenvalue weighted by Crippen LogP contribution is -2.40. The Bertz CT molecular complexity index is 299. The average molecular weight is 182 g/mol. The first-order chi connectivity index (χ1) is 6.02. The van der Waals surface area contributed by atoms with Crippen LogP contribution in [0, 0.1) is 0 Å². The van der Waals surface area contributed by atoms with Crippen molar-refractivity contribution in [3.8, 4) is 0 Å². The van der Waals surface area contributed by atoms with Gasteiger partial charge in [-0.1, -0.05) is 0 Å². The fourth-order valence-corrected chi connectivity index (χ4v) is 0.679. The van der Waals surface area contributed by atoms with Crippen molar-refractivity contribution in [1.29, 1.82) is 0 Å². The number of carboxylic acid groups (broad SMARTS) is 1. The zero-order chi connectivity index (χ0) is 9.90. The molecular weight excluding hydrogens is 172 g/mol. The average Bonchev–Trinajstić information content (AvgIpc) is 2.05. The highest BCUT2D eigenvalue weighted by Crippen LogP contribution is 2.10. The van der Waals surface area contributed by atoms with Crippen molar-refractivity contribution in [2.75, 3.05) is 5.32 Å². The summed E-state index contributed by atoms with van der Waals surface area (Å²) in [6, 6.07) is 0. The van der Waals surface area contributed by atoms with E-state index in [-0.39, 0.29) is 0 Å². The minimum absolute atomic E-state index is 0.343. The zero-order valence-electron chi connectivity index (χ0n) is 7.35. The minimum Gasteiger partial charge on any atom is -0.480 e. The summed E-state index contributed by atoms with van der Waals surface area (Å²) in [6.45, 7) is 3.06. The molecule has 6 heteroatoms. The van der Waals surface area contributed by atoms with E-state index >= 15 is 0 Å². The summed E-state index contributed by atoms with van der Waals surface area (Å²) in [7, 11) is 0. The molecule has 0 spiro atoms. The Morgan fingerprint density at radius 3 is 2.77 bits per heavy atom. The number of hydrogen-bond donors (Lipinski definition) is 2. The molecule has 70 valence electrons. The molecule has 0 aliphatic carbocycles. The van der Waals surface area contributed by atoms with Crippen LogP contribution < -0.4 is 5.32 Å². The number of aliphatic carboxylic acids is 1. The molecule has 0 unspecified atom stereocenters. The van der Waals surface area contributed by atoms with Crippen LogP contribution in [0.15, 0.2) is 12.5 Å². The number of aromatic nitrogens is 3. The van der Waals surface area contributed by atoms with Gasteiger partial charge in [0.1, 0.15) is 11.9 Å². The molecule has 0 aromatic carbocycles. The van der Waals surface area contributed by atoms with Gasteiger partial charge < -0.3 is 10.4 Å². The van der Waals surface area contributed by atoms with Crippen molar-refractivity contribution in [3.63, 3.8) is 0 Å². The van der Waals surface area contributed by atoms with Crippen LogP contribution in [0.2, 0.25) is 0 Å². The van der Waals surface area contributed by atoms with Gasteiger partial charge in [0.2, 0.25) is 0 Å². The van der Waals surface area contributed by atoms with Crippen LogP contribution in [-0.4, -0.2) is 31.8 Å². The van der Waals surface area contributed by atoms with Gasteiger partial charge in [0.15, 0.2) is 5.82 Å². The lowest BCUT2D eigenvalue weighted by atomic mass is 10.1. The van der Waals surface area contributed by atoms with E-state index in [0.717, 1.165) is 0 Å². The molecule has 0 aliphatic heterocycles. The summed E-state index contributed by atoms with van der Waals surface area (Å²) in [5.41, 5.74) is -1.07. The molecule has 0 radical (unpaired) electrons. The molecule has 0 atom stereocenters. The fourth-order valence-electron chi connectivity index (χ4n) is 0.679. The van der Waals surface area contributed by atoms with Gasteiger partial charge in [-0.05, 0) is 13.8 Å². The lowest BCUT2D eigenvalue weighted by molar-refractivity contribution is -0.141. The molecule has 0 aliphatic rings. The minimum atomic E-state index is -1.07.